The van der Waals surface area contributed by atoms with Crippen molar-refractivity contribution >= 4 is 35.0 Å². The molecule has 33 heavy (non-hydrogen) atoms. The molecule has 0 atom stereocenters. The Balaban J connectivity index is 1.62. The molecule has 0 spiro atoms. The fourth-order valence-corrected chi connectivity index (χ4v) is 3.92. The second kappa shape index (κ2) is 9.68. The van der Waals surface area contributed by atoms with Crippen molar-refractivity contribution < 1.29 is 19.1 Å². The number of para-hydroxylation sites is 2. The molecule has 2 aliphatic heterocycles. The highest BCUT2D eigenvalue weighted by Gasteiger charge is 2.26. The van der Waals surface area contributed by atoms with Crippen LogP contribution in [0.4, 0.5) is 11.4 Å². The number of amides is 2. The number of nitrogens with zero attached hydrogens (tertiary/aromatic N) is 2. The minimum atomic E-state index is -0.573. The third kappa shape index (κ3) is 4.95. The van der Waals surface area contributed by atoms with Gasteiger partial charge in [-0.25, -0.2) is 9.79 Å². The first-order chi connectivity index (χ1) is 16.0. The zero-order chi connectivity index (χ0) is 23.4. The van der Waals surface area contributed by atoms with Crippen molar-refractivity contribution in [3.8, 4) is 0 Å². The highest BCUT2D eigenvalue weighted by molar-refractivity contribution is 6.25. The van der Waals surface area contributed by atoms with Crippen molar-refractivity contribution in [1.29, 1.82) is 0 Å². The molecule has 0 radical (unpaired) electrons. The maximum absolute atomic E-state index is 13.2. The van der Waals surface area contributed by atoms with Crippen molar-refractivity contribution in [2.75, 3.05) is 18.5 Å². The SMILES string of the molecule is CCOC(=O)C1=C(C)Nc2ccccc2N=C1NC(=O)c1cccc(CN2CCCC2=O)c1. The molecule has 1 saturated heterocycles. The molecular weight excluding hydrogens is 420 g/mol. The molecule has 0 unspecified atom stereocenters. The van der Waals surface area contributed by atoms with Gasteiger partial charge in [0, 0.05) is 30.8 Å². The average molecular weight is 447 g/mol. The maximum Gasteiger partial charge on any atom is 0.343 e. The number of esters is 1. The third-order valence-electron chi connectivity index (χ3n) is 5.52. The van der Waals surface area contributed by atoms with E-state index in [0.29, 0.717) is 29.9 Å². The molecule has 4 rings (SSSR count). The number of nitrogens with one attached hydrogen (secondary N) is 2. The molecule has 0 aliphatic carbocycles. The number of amidine groups is 1. The van der Waals surface area contributed by atoms with E-state index >= 15 is 0 Å². The van der Waals surface area contributed by atoms with Crippen LogP contribution in [-0.4, -0.2) is 41.7 Å². The molecule has 1 fully saturated rings. The van der Waals surface area contributed by atoms with Crippen molar-refractivity contribution in [2.24, 2.45) is 4.99 Å². The molecule has 2 heterocycles. The van der Waals surface area contributed by atoms with Crippen molar-refractivity contribution in [3.05, 3.63) is 70.9 Å². The second-order valence-corrected chi connectivity index (χ2v) is 7.90. The van der Waals surface area contributed by atoms with Crippen LogP contribution in [-0.2, 0) is 20.9 Å². The lowest BCUT2D eigenvalue weighted by molar-refractivity contribution is -0.138. The van der Waals surface area contributed by atoms with E-state index in [9.17, 15) is 14.4 Å². The first kappa shape index (κ1) is 22.3. The quantitative estimate of drug-likeness (QED) is 0.685. The molecule has 8 nitrogen and oxygen atoms in total. The highest BCUT2D eigenvalue weighted by atomic mass is 16.5. The summed E-state index contributed by atoms with van der Waals surface area (Å²) in [6, 6.07) is 14.4. The fourth-order valence-electron chi connectivity index (χ4n) is 3.92. The van der Waals surface area contributed by atoms with E-state index < -0.39 is 11.9 Å². The van der Waals surface area contributed by atoms with E-state index in [2.05, 4.69) is 15.6 Å². The summed E-state index contributed by atoms with van der Waals surface area (Å²) in [5.41, 5.74) is 3.28. The molecule has 0 aromatic heterocycles. The van der Waals surface area contributed by atoms with Gasteiger partial charge in [0.1, 0.15) is 11.4 Å². The predicted octanol–water partition coefficient (Wildman–Crippen LogP) is 3.53. The standard InChI is InChI=1S/C25H26N4O4/c1-3-33-25(32)22-16(2)26-19-10-4-5-11-20(19)27-23(22)28-24(31)18-9-6-8-17(14-18)15-29-13-7-12-21(29)30/h4-6,8-11,14,26H,3,7,12-13,15H2,1-2H3,(H,27,28,31). The van der Waals surface area contributed by atoms with Gasteiger partial charge in [-0.1, -0.05) is 24.3 Å². The first-order valence-electron chi connectivity index (χ1n) is 11.0. The number of fused-ring (bicyclic) bond motifs is 1. The summed E-state index contributed by atoms with van der Waals surface area (Å²) in [6.07, 6.45) is 1.43. The average Bonchev–Trinajstić information content (AvgIpc) is 3.13. The molecule has 0 saturated carbocycles. The van der Waals surface area contributed by atoms with Gasteiger partial charge in [0.2, 0.25) is 5.91 Å². The highest BCUT2D eigenvalue weighted by Crippen LogP contribution is 2.30. The maximum atomic E-state index is 13.2. The zero-order valence-corrected chi connectivity index (χ0v) is 18.7. The second-order valence-electron chi connectivity index (χ2n) is 7.90. The Morgan fingerprint density at radius 2 is 2.00 bits per heavy atom. The van der Waals surface area contributed by atoms with E-state index in [4.69, 9.17) is 4.74 Å². The summed E-state index contributed by atoms with van der Waals surface area (Å²) in [7, 11) is 0. The van der Waals surface area contributed by atoms with Gasteiger partial charge in [0.15, 0.2) is 0 Å². The Bertz CT molecular complexity index is 1170. The summed E-state index contributed by atoms with van der Waals surface area (Å²) in [5, 5.41) is 5.98. The van der Waals surface area contributed by atoms with Gasteiger partial charge in [0.05, 0.1) is 18.0 Å². The number of carbonyl (C=O) groups is 3. The molecule has 170 valence electrons. The molecular formula is C25H26N4O4. The lowest BCUT2D eigenvalue weighted by Crippen LogP contribution is -2.35. The zero-order valence-electron chi connectivity index (χ0n) is 18.7. The number of ether oxygens (including phenoxy) is 1. The van der Waals surface area contributed by atoms with Crippen LogP contribution in [0.1, 0.15) is 42.6 Å². The molecule has 0 bridgehead atoms. The van der Waals surface area contributed by atoms with Gasteiger partial charge in [0.25, 0.3) is 5.91 Å². The molecule has 2 N–H and O–H groups in total. The minimum Gasteiger partial charge on any atom is -0.462 e. The summed E-state index contributed by atoms with van der Waals surface area (Å²) in [4.78, 5) is 44.2. The van der Waals surface area contributed by atoms with Crippen LogP contribution in [0.25, 0.3) is 0 Å². The lowest BCUT2D eigenvalue weighted by atomic mass is 10.1. The number of anilines is 1. The number of benzene rings is 2. The third-order valence-corrected chi connectivity index (χ3v) is 5.52. The van der Waals surface area contributed by atoms with E-state index in [-0.39, 0.29) is 23.9 Å². The smallest absolute Gasteiger partial charge is 0.343 e. The summed E-state index contributed by atoms with van der Waals surface area (Å²) >= 11 is 0. The van der Waals surface area contributed by atoms with Gasteiger partial charge in [-0.3, -0.25) is 9.59 Å². The molecule has 2 amide bonds. The predicted molar refractivity (Wildman–Crippen MR) is 125 cm³/mol. The van der Waals surface area contributed by atoms with Crippen LogP contribution in [0.15, 0.2) is 64.8 Å². The van der Waals surface area contributed by atoms with Crippen LogP contribution in [0.3, 0.4) is 0 Å². The first-order valence-corrected chi connectivity index (χ1v) is 11.0. The van der Waals surface area contributed by atoms with Crippen molar-refractivity contribution in [3.63, 3.8) is 0 Å². The fraction of sp³-hybridized carbons (Fsp3) is 0.280. The number of likely N-dealkylation sites (tertiary alicyclic amines) is 1. The van der Waals surface area contributed by atoms with E-state index in [1.165, 1.54) is 0 Å². The minimum absolute atomic E-state index is 0.119. The van der Waals surface area contributed by atoms with Crippen LogP contribution >= 0.6 is 0 Å². The van der Waals surface area contributed by atoms with Crippen LogP contribution in [0.5, 0.6) is 0 Å². The Labute approximate surface area is 192 Å². The number of allylic oxidation sites excluding steroid dienone is 1. The van der Waals surface area contributed by atoms with Crippen LogP contribution < -0.4 is 10.6 Å². The normalized spacial score (nSPS) is 15.4. The Hall–Kier alpha value is -3.94. The summed E-state index contributed by atoms with van der Waals surface area (Å²) < 4.78 is 5.22. The van der Waals surface area contributed by atoms with Gasteiger partial charge in [-0.2, -0.15) is 0 Å². The van der Waals surface area contributed by atoms with Gasteiger partial charge >= 0.3 is 5.97 Å². The van der Waals surface area contributed by atoms with E-state index in [1.807, 2.05) is 24.3 Å². The molecule has 8 heteroatoms. The van der Waals surface area contributed by atoms with Gasteiger partial charge in [-0.15, -0.1) is 0 Å². The van der Waals surface area contributed by atoms with Gasteiger partial charge in [-0.05, 0) is 50.1 Å². The molecule has 2 aliphatic rings. The number of rotatable bonds is 5. The Kier molecular flexibility index (Phi) is 6.53. The largest absolute Gasteiger partial charge is 0.462 e. The Morgan fingerprint density at radius 1 is 1.18 bits per heavy atom. The number of carbonyl (C=O) groups excluding carboxylic acids is 3. The number of hydrogen-bond acceptors (Lipinski definition) is 6. The van der Waals surface area contributed by atoms with Crippen LogP contribution in [0, 0.1) is 0 Å². The number of hydrogen-bond donors (Lipinski definition) is 2. The summed E-state index contributed by atoms with van der Waals surface area (Å²) in [6.45, 7) is 4.85. The topological polar surface area (TPSA) is 100 Å². The molecule has 2 aromatic rings. The van der Waals surface area contributed by atoms with Crippen LogP contribution in [0.2, 0.25) is 0 Å². The Morgan fingerprint density at radius 3 is 2.76 bits per heavy atom. The monoisotopic (exact) mass is 446 g/mol. The summed E-state index contributed by atoms with van der Waals surface area (Å²) in [5.74, 6) is -0.731. The van der Waals surface area contributed by atoms with Crippen molar-refractivity contribution in [1.82, 2.24) is 10.2 Å². The lowest BCUT2D eigenvalue weighted by Gasteiger charge is -2.16. The van der Waals surface area contributed by atoms with Crippen molar-refractivity contribution in [2.45, 2.75) is 33.2 Å². The number of aliphatic imine (C=N–C) groups is 1. The van der Waals surface area contributed by atoms with Gasteiger partial charge < -0.3 is 20.3 Å². The van der Waals surface area contributed by atoms with E-state index in [1.54, 1.807) is 43.0 Å². The molecule has 2 aromatic carbocycles. The van der Waals surface area contributed by atoms with E-state index in [0.717, 1.165) is 24.2 Å².